The smallest absolute Gasteiger partial charge is 0.244 e. The first kappa shape index (κ1) is 14.7. The fourth-order valence-electron chi connectivity index (χ4n) is 2.84. The van der Waals surface area contributed by atoms with E-state index in [4.69, 9.17) is 10.3 Å². The Morgan fingerprint density at radius 1 is 1.29 bits per heavy atom. The average Bonchev–Trinajstić information content (AvgIpc) is 2.99. The molecule has 1 fully saturated rings. The van der Waals surface area contributed by atoms with E-state index < -0.39 is 0 Å². The first-order chi connectivity index (χ1) is 10.1. The molecule has 1 aliphatic carbocycles. The van der Waals surface area contributed by atoms with Crippen LogP contribution in [0.3, 0.4) is 0 Å². The van der Waals surface area contributed by atoms with Crippen LogP contribution in [-0.4, -0.2) is 10.1 Å². The molecule has 1 saturated carbocycles. The van der Waals surface area contributed by atoms with E-state index in [9.17, 15) is 4.39 Å². The van der Waals surface area contributed by atoms with E-state index in [1.165, 1.54) is 31.4 Å². The summed E-state index contributed by atoms with van der Waals surface area (Å²) >= 11 is 3.37. The SMILES string of the molecule is NC(c1nc(-c2cc(F)ccc2Br)no1)C1CCCCC1. The normalized spacial score (nSPS) is 17.9. The van der Waals surface area contributed by atoms with Gasteiger partial charge in [-0.2, -0.15) is 4.98 Å². The van der Waals surface area contributed by atoms with Gasteiger partial charge < -0.3 is 10.3 Å². The van der Waals surface area contributed by atoms with Crippen LogP contribution in [0.1, 0.15) is 44.0 Å². The third-order valence-electron chi connectivity index (χ3n) is 4.05. The van der Waals surface area contributed by atoms with Gasteiger partial charge in [-0.15, -0.1) is 0 Å². The molecule has 1 atom stereocenters. The molecule has 0 spiro atoms. The Balaban J connectivity index is 1.84. The van der Waals surface area contributed by atoms with Crippen molar-refractivity contribution in [3.8, 4) is 11.4 Å². The van der Waals surface area contributed by atoms with E-state index in [1.807, 2.05) is 0 Å². The first-order valence-corrected chi connectivity index (χ1v) is 7.99. The highest BCUT2D eigenvalue weighted by Gasteiger charge is 2.26. The average molecular weight is 354 g/mol. The van der Waals surface area contributed by atoms with Crippen molar-refractivity contribution in [3.63, 3.8) is 0 Å². The van der Waals surface area contributed by atoms with Crippen molar-refractivity contribution in [2.24, 2.45) is 11.7 Å². The Labute approximate surface area is 131 Å². The summed E-state index contributed by atoms with van der Waals surface area (Å²) in [6, 6.07) is 4.15. The monoisotopic (exact) mass is 353 g/mol. The molecule has 0 bridgehead atoms. The molecule has 0 radical (unpaired) electrons. The second-order valence-electron chi connectivity index (χ2n) is 5.50. The molecule has 1 aromatic carbocycles. The molecule has 4 nitrogen and oxygen atoms in total. The van der Waals surface area contributed by atoms with Crippen molar-refractivity contribution in [2.45, 2.75) is 38.1 Å². The Hall–Kier alpha value is -1.27. The van der Waals surface area contributed by atoms with Crippen LogP contribution in [0.25, 0.3) is 11.4 Å². The Morgan fingerprint density at radius 2 is 2.05 bits per heavy atom. The summed E-state index contributed by atoms with van der Waals surface area (Å²) in [5.41, 5.74) is 6.82. The van der Waals surface area contributed by atoms with E-state index in [2.05, 4.69) is 26.1 Å². The van der Waals surface area contributed by atoms with Crippen LogP contribution < -0.4 is 5.73 Å². The van der Waals surface area contributed by atoms with Gasteiger partial charge >= 0.3 is 0 Å². The third kappa shape index (κ3) is 3.16. The Morgan fingerprint density at radius 3 is 2.81 bits per heavy atom. The van der Waals surface area contributed by atoms with Gasteiger partial charge in [-0.3, -0.25) is 0 Å². The quantitative estimate of drug-likeness (QED) is 0.896. The van der Waals surface area contributed by atoms with E-state index in [0.717, 1.165) is 17.3 Å². The highest BCUT2D eigenvalue weighted by molar-refractivity contribution is 9.10. The molecule has 6 heteroatoms. The highest BCUT2D eigenvalue weighted by atomic mass is 79.9. The minimum Gasteiger partial charge on any atom is -0.337 e. The van der Waals surface area contributed by atoms with Crippen molar-refractivity contribution < 1.29 is 8.91 Å². The Kier molecular flexibility index (Phi) is 4.35. The van der Waals surface area contributed by atoms with Crippen LogP contribution in [-0.2, 0) is 0 Å². The fraction of sp³-hybridized carbons (Fsp3) is 0.467. The van der Waals surface area contributed by atoms with E-state index >= 15 is 0 Å². The summed E-state index contributed by atoms with van der Waals surface area (Å²) < 4.78 is 19.4. The predicted octanol–water partition coefficient (Wildman–Crippen LogP) is 4.22. The number of aromatic nitrogens is 2. The maximum Gasteiger partial charge on any atom is 0.244 e. The lowest BCUT2D eigenvalue weighted by Gasteiger charge is -2.24. The van der Waals surface area contributed by atoms with Crippen LogP contribution in [0.15, 0.2) is 27.2 Å². The van der Waals surface area contributed by atoms with Gasteiger partial charge in [0.05, 0.1) is 6.04 Å². The van der Waals surface area contributed by atoms with Gasteiger partial charge in [0.2, 0.25) is 11.7 Å². The lowest BCUT2D eigenvalue weighted by molar-refractivity contribution is 0.255. The minimum atomic E-state index is -0.337. The van der Waals surface area contributed by atoms with E-state index in [1.54, 1.807) is 6.07 Å². The number of rotatable bonds is 3. The molecule has 3 rings (SSSR count). The van der Waals surface area contributed by atoms with Crippen LogP contribution in [0.4, 0.5) is 4.39 Å². The summed E-state index contributed by atoms with van der Waals surface area (Å²) in [6.07, 6.45) is 5.88. The lowest BCUT2D eigenvalue weighted by Crippen LogP contribution is -2.23. The van der Waals surface area contributed by atoms with Crippen molar-refractivity contribution in [1.82, 2.24) is 10.1 Å². The topological polar surface area (TPSA) is 64.9 Å². The van der Waals surface area contributed by atoms with Crippen LogP contribution in [0.2, 0.25) is 0 Å². The molecule has 21 heavy (non-hydrogen) atoms. The number of benzene rings is 1. The number of hydrogen-bond donors (Lipinski definition) is 1. The molecule has 1 heterocycles. The largest absolute Gasteiger partial charge is 0.337 e. The maximum atomic E-state index is 13.4. The van der Waals surface area contributed by atoms with Crippen LogP contribution >= 0.6 is 15.9 Å². The lowest BCUT2D eigenvalue weighted by atomic mass is 9.84. The van der Waals surface area contributed by atoms with Gasteiger partial charge in [-0.25, -0.2) is 4.39 Å². The number of nitrogens with two attached hydrogens (primary N) is 1. The zero-order chi connectivity index (χ0) is 14.8. The van der Waals surface area contributed by atoms with Gasteiger partial charge in [0, 0.05) is 10.0 Å². The molecule has 0 saturated heterocycles. The summed E-state index contributed by atoms with van der Waals surface area (Å²) in [5.74, 6) is 0.856. The van der Waals surface area contributed by atoms with Crippen molar-refractivity contribution in [3.05, 3.63) is 34.4 Å². The Bertz CT molecular complexity index is 625. The van der Waals surface area contributed by atoms with Crippen molar-refractivity contribution >= 4 is 15.9 Å². The zero-order valence-electron chi connectivity index (χ0n) is 11.6. The molecule has 0 aliphatic heterocycles. The molecule has 2 N–H and O–H groups in total. The maximum absolute atomic E-state index is 13.4. The van der Waals surface area contributed by atoms with E-state index in [-0.39, 0.29) is 11.9 Å². The van der Waals surface area contributed by atoms with Gasteiger partial charge in [-0.05, 0) is 37.0 Å². The first-order valence-electron chi connectivity index (χ1n) is 7.20. The second-order valence-corrected chi connectivity index (χ2v) is 6.36. The fourth-order valence-corrected chi connectivity index (χ4v) is 3.27. The number of nitrogens with zero attached hydrogens (tertiary/aromatic N) is 2. The van der Waals surface area contributed by atoms with Crippen LogP contribution in [0.5, 0.6) is 0 Å². The highest BCUT2D eigenvalue weighted by Crippen LogP contribution is 2.33. The molecular formula is C15H17BrFN3O. The molecule has 112 valence electrons. The number of halogens is 2. The summed E-state index contributed by atoms with van der Waals surface area (Å²) in [6.45, 7) is 0. The van der Waals surface area contributed by atoms with Gasteiger partial charge in [-0.1, -0.05) is 40.3 Å². The molecule has 1 unspecified atom stereocenters. The van der Waals surface area contributed by atoms with Crippen molar-refractivity contribution in [1.29, 1.82) is 0 Å². The van der Waals surface area contributed by atoms with Crippen molar-refractivity contribution in [2.75, 3.05) is 0 Å². The zero-order valence-corrected chi connectivity index (χ0v) is 13.1. The minimum absolute atomic E-state index is 0.237. The molecule has 1 aromatic heterocycles. The van der Waals surface area contributed by atoms with Crippen LogP contribution in [0, 0.1) is 11.7 Å². The molecular weight excluding hydrogens is 337 g/mol. The standard InChI is InChI=1S/C15H17BrFN3O/c16-12-7-6-10(17)8-11(12)14-19-15(21-20-14)13(18)9-4-2-1-3-5-9/h6-9,13H,1-5,18H2. The van der Waals surface area contributed by atoms with Gasteiger partial charge in [0.25, 0.3) is 0 Å². The molecule has 2 aromatic rings. The van der Waals surface area contributed by atoms with Gasteiger partial charge in [0.15, 0.2) is 0 Å². The summed E-state index contributed by atoms with van der Waals surface area (Å²) in [7, 11) is 0. The summed E-state index contributed by atoms with van der Waals surface area (Å²) in [5, 5.41) is 3.94. The third-order valence-corrected chi connectivity index (χ3v) is 4.75. The summed E-state index contributed by atoms with van der Waals surface area (Å²) in [4.78, 5) is 4.36. The molecule has 1 aliphatic rings. The van der Waals surface area contributed by atoms with Gasteiger partial charge in [0.1, 0.15) is 5.82 Å². The molecule has 0 amide bonds. The second kappa shape index (κ2) is 6.23. The predicted molar refractivity (Wildman–Crippen MR) is 80.9 cm³/mol. The van der Waals surface area contributed by atoms with E-state index in [0.29, 0.717) is 23.2 Å². The number of hydrogen-bond acceptors (Lipinski definition) is 4.